The van der Waals surface area contributed by atoms with Crippen LogP contribution in [-0.2, 0) is 0 Å². The molecule has 1 aromatic carbocycles. The zero-order valence-electron chi connectivity index (χ0n) is 11.4. The lowest BCUT2D eigenvalue weighted by atomic mass is 9.97. The van der Waals surface area contributed by atoms with Gasteiger partial charge in [0.05, 0.1) is 22.1 Å². The number of benzene rings is 1. The molecule has 0 saturated heterocycles. The quantitative estimate of drug-likeness (QED) is 0.722. The van der Waals surface area contributed by atoms with Crippen LogP contribution in [0.3, 0.4) is 0 Å². The summed E-state index contributed by atoms with van der Waals surface area (Å²) in [6.07, 6.45) is 2.47. The Kier molecular flexibility index (Phi) is 3.56. The van der Waals surface area contributed by atoms with Gasteiger partial charge in [-0.2, -0.15) is 10.1 Å². The Morgan fingerprint density at radius 3 is 2.91 bits per heavy atom. The van der Waals surface area contributed by atoms with Gasteiger partial charge in [0.25, 0.3) is 0 Å². The molecule has 3 aromatic rings. The second kappa shape index (κ2) is 5.57. The molecule has 0 aliphatic carbocycles. The fraction of sp³-hybridized carbons (Fsp3) is 0.200. The third-order valence-electron chi connectivity index (χ3n) is 3.85. The van der Waals surface area contributed by atoms with Crippen molar-refractivity contribution in [1.82, 2.24) is 14.8 Å². The molecule has 2 aromatic heterocycles. The van der Waals surface area contributed by atoms with E-state index in [1.165, 1.54) is 4.88 Å². The monoisotopic (exact) mass is 350 g/mol. The Labute approximate surface area is 141 Å². The average molecular weight is 351 g/mol. The van der Waals surface area contributed by atoms with Crippen LogP contribution in [0.5, 0.6) is 0 Å². The van der Waals surface area contributed by atoms with Gasteiger partial charge in [0.2, 0.25) is 5.95 Å². The van der Waals surface area contributed by atoms with Crippen molar-refractivity contribution >= 4 is 40.5 Å². The van der Waals surface area contributed by atoms with Gasteiger partial charge in [0.1, 0.15) is 6.33 Å². The van der Waals surface area contributed by atoms with Crippen LogP contribution in [-0.4, -0.2) is 14.8 Å². The number of aromatic nitrogens is 3. The summed E-state index contributed by atoms with van der Waals surface area (Å²) in [4.78, 5) is 5.60. The summed E-state index contributed by atoms with van der Waals surface area (Å²) in [7, 11) is 0. The minimum Gasteiger partial charge on any atom is -0.348 e. The number of thiophene rings is 1. The maximum absolute atomic E-state index is 6.16. The SMILES string of the molecule is Clc1ccc([C@H]2C[C@H](c3cccs3)n3ncnc3N2)cc1Cl. The normalized spacial score (nSPS) is 20.5. The highest BCUT2D eigenvalue weighted by atomic mass is 35.5. The third-order valence-corrected chi connectivity index (χ3v) is 5.56. The van der Waals surface area contributed by atoms with Crippen molar-refractivity contribution in [1.29, 1.82) is 0 Å². The van der Waals surface area contributed by atoms with Crippen LogP contribution in [0, 0.1) is 0 Å². The maximum atomic E-state index is 6.16. The van der Waals surface area contributed by atoms with Crippen LogP contribution < -0.4 is 5.32 Å². The molecule has 3 heterocycles. The molecule has 1 aliphatic heterocycles. The van der Waals surface area contributed by atoms with E-state index >= 15 is 0 Å². The zero-order chi connectivity index (χ0) is 15.1. The van der Waals surface area contributed by atoms with Gasteiger partial charge in [-0.3, -0.25) is 0 Å². The smallest absolute Gasteiger partial charge is 0.222 e. The summed E-state index contributed by atoms with van der Waals surface area (Å²) in [5.41, 5.74) is 1.10. The minimum absolute atomic E-state index is 0.124. The lowest BCUT2D eigenvalue weighted by molar-refractivity contribution is 0.436. The number of anilines is 1. The van der Waals surface area contributed by atoms with Crippen LogP contribution >= 0.6 is 34.5 Å². The Bertz CT molecular complexity index is 800. The van der Waals surface area contributed by atoms with Crippen LogP contribution in [0.2, 0.25) is 10.0 Å². The Balaban J connectivity index is 1.73. The van der Waals surface area contributed by atoms with Gasteiger partial charge in [-0.05, 0) is 35.6 Å². The van der Waals surface area contributed by atoms with E-state index in [0.29, 0.717) is 10.0 Å². The van der Waals surface area contributed by atoms with Gasteiger partial charge in [0.15, 0.2) is 0 Å². The lowest BCUT2D eigenvalue weighted by Gasteiger charge is -2.31. The highest BCUT2D eigenvalue weighted by Crippen LogP contribution is 2.39. The number of hydrogen-bond donors (Lipinski definition) is 1. The second-order valence-electron chi connectivity index (χ2n) is 5.17. The highest BCUT2D eigenvalue weighted by Gasteiger charge is 2.30. The molecule has 0 unspecified atom stereocenters. The van der Waals surface area contributed by atoms with Crippen molar-refractivity contribution in [3.8, 4) is 0 Å². The molecule has 1 N–H and O–H groups in total. The molecule has 0 radical (unpaired) electrons. The van der Waals surface area contributed by atoms with Gasteiger partial charge < -0.3 is 5.32 Å². The lowest BCUT2D eigenvalue weighted by Crippen LogP contribution is -2.27. The molecule has 4 rings (SSSR count). The first kappa shape index (κ1) is 14.1. The van der Waals surface area contributed by atoms with Crippen LogP contribution in [0.15, 0.2) is 42.0 Å². The van der Waals surface area contributed by atoms with Gasteiger partial charge in [-0.25, -0.2) is 4.68 Å². The van der Waals surface area contributed by atoms with E-state index < -0.39 is 0 Å². The number of nitrogens with one attached hydrogen (secondary N) is 1. The largest absolute Gasteiger partial charge is 0.348 e. The van der Waals surface area contributed by atoms with Gasteiger partial charge in [0, 0.05) is 4.88 Å². The summed E-state index contributed by atoms with van der Waals surface area (Å²) < 4.78 is 1.94. The van der Waals surface area contributed by atoms with E-state index in [-0.39, 0.29) is 12.1 Å². The van der Waals surface area contributed by atoms with Crippen molar-refractivity contribution in [2.24, 2.45) is 0 Å². The predicted octanol–water partition coefficient (Wildman–Crippen LogP) is 4.79. The summed E-state index contributed by atoms with van der Waals surface area (Å²) in [5, 5.41) is 11.0. The molecule has 112 valence electrons. The van der Waals surface area contributed by atoms with Crippen LogP contribution in [0.4, 0.5) is 5.95 Å². The van der Waals surface area contributed by atoms with Gasteiger partial charge in [-0.15, -0.1) is 11.3 Å². The maximum Gasteiger partial charge on any atom is 0.222 e. The minimum atomic E-state index is 0.124. The van der Waals surface area contributed by atoms with E-state index in [9.17, 15) is 0 Å². The Morgan fingerprint density at radius 1 is 1.23 bits per heavy atom. The molecule has 2 atom stereocenters. The molecule has 4 nitrogen and oxygen atoms in total. The number of fused-ring (bicyclic) bond motifs is 1. The highest BCUT2D eigenvalue weighted by molar-refractivity contribution is 7.10. The van der Waals surface area contributed by atoms with Crippen LogP contribution in [0.25, 0.3) is 0 Å². The predicted molar refractivity (Wildman–Crippen MR) is 89.9 cm³/mol. The molecule has 7 heteroatoms. The molecular weight excluding hydrogens is 339 g/mol. The van der Waals surface area contributed by atoms with Crippen molar-refractivity contribution in [2.45, 2.75) is 18.5 Å². The first-order valence-corrected chi connectivity index (χ1v) is 8.50. The molecule has 0 fully saturated rings. The third kappa shape index (κ3) is 2.39. The van der Waals surface area contributed by atoms with Crippen molar-refractivity contribution < 1.29 is 0 Å². The number of rotatable bonds is 2. The summed E-state index contributed by atoms with van der Waals surface area (Å²) >= 11 is 13.9. The fourth-order valence-corrected chi connectivity index (χ4v) is 3.92. The van der Waals surface area contributed by atoms with E-state index in [4.69, 9.17) is 23.2 Å². The van der Waals surface area contributed by atoms with Crippen LogP contribution in [0.1, 0.15) is 28.9 Å². The molecule has 0 amide bonds. The van der Waals surface area contributed by atoms with Gasteiger partial charge >= 0.3 is 0 Å². The molecule has 1 aliphatic rings. The first-order valence-electron chi connectivity index (χ1n) is 6.87. The first-order chi connectivity index (χ1) is 10.7. The second-order valence-corrected chi connectivity index (χ2v) is 6.96. The molecule has 0 bridgehead atoms. The van der Waals surface area contributed by atoms with Crippen molar-refractivity contribution in [3.63, 3.8) is 0 Å². The molecule has 22 heavy (non-hydrogen) atoms. The zero-order valence-corrected chi connectivity index (χ0v) is 13.7. The van der Waals surface area contributed by atoms with Crippen molar-refractivity contribution in [2.75, 3.05) is 5.32 Å². The standard InChI is InChI=1S/C15H12Cl2N4S/c16-10-4-3-9(6-11(10)17)12-7-13(14-2-1-5-22-14)21-15(20-12)18-8-19-21/h1-6,8,12-13H,7H2,(H,18,19,20)/t12-,13-/m1/s1. The summed E-state index contributed by atoms with van der Waals surface area (Å²) in [6, 6.07) is 10.3. The fourth-order valence-electron chi connectivity index (χ4n) is 2.79. The number of hydrogen-bond acceptors (Lipinski definition) is 4. The van der Waals surface area contributed by atoms with E-state index in [2.05, 4.69) is 32.9 Å². The average Bonchev–Trinajstić information content (AvgIpc) is 3.19. The Hall–Kier alpha value is -1.56. The molecular formula is C15H12Cl2N4S. The topological polar surface area (TPSA) is 42.7 Å². The summed E-state index contributed by atoms with van der Waals surface area (Å²) in [5.74, 6) is 0.778. The van der Waals surface area contributed by atoms with Crippen molar-refractivity contribution in [3.05, 3.63) is 62.5 Å². The van der Waals surface area contributed by atoms with Gasteiger partial charge in [-0.1, -0.05) is 35.3 Å². The Morgan fingerprint density at radius 2 is 2.14 bits per heavy atom. The van der Waals surface area contributed by atoms with E-state index in [1.54, 1.807) is 17.7 Å². The number of nitrogens with zero attached hydrogens (tertiary/aromatic N) is 3. The van der Waals surface area contributed by atoms with E-state index in [1.807, 2.05) is 22.9 Å². The molecule has 0 saturated carbocycles. The summed E-state index contributed by atoms with van der Waals surface area (Å²) in [6.45, 7) is 0. The number of halogens is 2. The molecule has 0 spiro atoms. The van der Waals surface area contributed by atoms with E-state index in [0.717, 1.165) is 17.9 Å².